The van der Waals surface area contributed by atoms with E-state index in [9.17, 15) is 10.1 Å². The van der Waals surface area contributed by atoms with Crippen LogP contribution in [0.1, 0.15) is 0 Å². The molecule has 0 spiro atoms. The van der Waals surface area contributed by atoms with Crippen LogP contribution in [0.4, 0.5) is 5.69 Å². The Balaban J connectivity index is 1.92. The van der Waals surface area contributed by atoms with Gasteiger partial charge in [-0.2, -0.15) is 0 Å². The van der Waals surface area contributed by atoms with Crippen LogP contribution in [0.25, 0.3) is 17.1 Å². The summed E-state index contributed by atoms with van der Waals surface area (Å²) in [5, 5.41) is 22.8. The maximum Gasteiger partial charge on any atom is 0.269 e. The topological polar surface area (TPSA) is 86.7 Å². The largest absolute Gasteiger partial charge is 0.269 e. The third kappa shape index (κ3) is 2.24. The second kappa shape index (κ2) is 4.88. The molecule has 0 N–H and O–H groups in total. The fraction of sp³-hybridized carbons (Fsp3) is 0. The van der Waals surface area contributed by atoms with E-state index in [1.807, 2.05) is 30.3 Å². The van der Waals surface area contributed by atoms with Crippen molar-refractivity contribution in [1.82, 2.24) is 20.2 Å². The number of nitro benzene ring substituents is 1. The standard InChI is InChI=1S/C13H9N5O2/c19-18(20)12-8-6-10(7-9-12)13-14-16-17(15-13)11-4-2-1-3-5-11/h1-9H. The normalized spacial score (nSPS) is 10.4. The van der Waals surface area contributed by atoms with Crippen molar-refractivity contribution >= 4 is 5.69 Å². The van der Waals surface area contributed by atoms with E-state index in [-0.39, 0.29) is 5.69 Å². The number of hydrogen-bond donors (Lipinski definition) is 0. The van der Waals surface area contributed by atoms with E-state index >= 15 is 0 Å². The first-order valence-electron chi connectivity index (χ1n) is 5.84. The SMILES string of the molecule is O=[N+]([O-])c1ccc(-c2nnn(-c3ccccc3)n2)cc1. The highest BCUT2D eigenvalue weighted by Crippen LogP contribution is 2.18. The molecule has 0 saturated carbocycles. The van der Waals surface area contributed by atoms with Gasteiger partial charge in [-0.05, 0) is 29.5 Å². The van der Waals surface area contributed by atoms with E-state index in [2.05, 4.69) is 15.4 Å². The summed E-state index contributed by atoms with van der Waals surface area (Å²) in [6, 6.07) is 15.4. The molecule has 2 aromatic carbocycles. The van der Waals surface area contributed by atoms with E-state index in [1.165, 1.54) is 16.9 Å². The van der Waals surface area contributed by atoms with Crippen LogP contribution >= 0.6 is 0 Å². The summed E-state index contributed by atoms with van der Waals surface area (Å²) < 4.78 is 0. The predicted molar refractivity (Wildman–Crippen MR) is 71.2 cm³/mol. The Morgan fingerprint density at radius 3 is 2.35 bits per heavy atom. The van der Waals surface area contributed by atoms with Crippen LogP contribution in [0.15, 0.2) is 54.6 Å². The molecule has 0 unspecified atom stereocenters. The zero-order valence-corrected chi connectivity index (χ0v) is 10.2. The number of nitrogens with zero attached hydrogens (tertiary/aromatic N) is 5. The van der Waals surface area contributed by atoms with Gasteiger partial charge in [0.2, 0.25) is 5.82 Å². The minimum atomic E-state index is -0.446. The van der Waals surface area contributed by atoms with Crippen LogP contribution in [0.3, 0.4) is 0 Å². The monoisotopic (exact) mass is 267 g/mol. The van der Waals surface area contributed by atoms with Crippen molar-refractivity contribution in [2.45, 2.75) is 0 Å². The van der Waals surface area contributed by atoms with E-state index < -0.39 is 4.92 Å². The van der Waals surface area contributed by atoms with Crippen LogP contribution in [-0.2, 0) is 0 Å². The molecule has 3 aromatic rings. The highest BCUT2D eigenvalue weighted by atomic mass is 16.6. The number of nitro groups is 1. The number of benzene rings is 2. The summed E-state index contributed by atoms with van der Waals surface area (Å²) in [6.07, 6.45) is 0. The molecule has 0 fully saturated rings. The molecule has 20 heavy (non-hydrogen) atoms. The number of non-ortho nitro benzene ring substituents is 1. The Morgan fingerprint density at radius 1 is 1.00 bits per heavy atom. The van der Waals surface area contributed by atoms with Gasteiger partial charge in [0.25, 0.3) is 5.69 Å². The molecule has 0 amide bonds. The Hall–Kier alpha value is -3.09. The molecule has 1 aromatic heterocycles. The van der Waals surface area contributed by atoms with Gasteiger partial charge < -0.3 is 0 Å². The maximum absolute atomic E-state index is 10.6. The molecule has 0 aliphatic carbocycles. The molecular weight excluding hydrogens is 258 g/mol. The van der Waals surface area contributed by atoms with E-state index in [4.69, 9.17) is 0 Å². The highest BCUT2D eigenvalue weighted by molar-refractivity contribution is 5.56. The van der Waals surface area contributed by atoms with Gasteiger partial charge in [-0.1, -0.05) is 18.2 Å². The van der Waals surface area contributed by atoms with Crippen molar-refractivity contribution in [2.75, 3.05) is 0 Å². The number of hydrogen-bond acceptors (Lipinski definition) is 5. The number of tetrazole rings is 1. The van der Waals surface area contributed by atoms with Crippen LogP contribution in [-0.4, -0.2) is 25.1 Å². The quantitative estimate of drug-likeness (QED) is 0.536. The van der Waals surface area contributed by atoms with Crippen molar-refractivity contribution < 1.29 is 4.92 Å². The van der Waals surface area contributed by atoms with E-state index in [0.29, 0.717) is 11.4 Å². The van der Waals surface area contributed by atoms with E-state index in [0.717, 1.165) is 5.69 Å². The first-order chi connectivity index (χ1) is 9.74. The first kappa shape index (κ1) is 12.0. The van der Waals surface area contributed by atoms with Crippen LogP contribution in [0, 0.1) is 10.1 Å². The summed E-state index contributed by atoms with van der Waals surface area (Å²) in [5.74, 6) is 0.420. The summed E-state index contributed by atoms with van der Waals surface area (Å²) in [4.78, 5) is 11.6. The molecule has 0 radical (unpaired) electrons. The van der Waals surface area contributed by atoms with E-state index in [1.54, 1.807) is 12.1 Å². The van der Waals surface area contributed by atoms with Crippen LogP contribution in [0.5, 0.6) is 0 Å². The third-order valence-corrected chi connectivity index (χ3v) is 2.74. The molecule has 0 atom stereocenters. The average molecular weight is 267 g/mol. The molecule has 0 aliphatic rings. The smallest absolute Gasteiger partial charge is 0.258 e. The Bertz CT molecular complexity index is 737. The van der Waals surface area contributed by atoms with Gasteiger partial charge in [0.1, 0.15) is 0 Å². The van der Waals surface area contributed by atoms with Gasteiger partial charge in [-0.15, -0.1) is 15.0 Å². The van der Waals surface area contributed by atoms with Crippen molar-refractivity contribution in [3.63, 3.8) is 0 Å². The fourth-order valence-corrected chi connectivity index (χ4v) is 1.73. The molecular formula is C13H9N5O2. The molecule has 7 nitrogen and oxygen atoms in total. The number of para-hydroxylation sites is 1. The molecule has 0 saturated heterocycles. The van der Waals surface area contributed by atoms with Gasteiger partial charge in [0.15, 0.2) is 0 Å². The lowest BCUT2D eigenvalue weighted by atomic mass is 10.2. The molecule has 0 aliphatic heterocycles. The van der Waals surface area contributed by atoms with Gasteiger partial charge in [-0.3, -0.25) is 10.1 Å². The van der Waals surface area contributed by atoms with Crippen molar-refractivity contribution in [3.8, 4) is 17.1 Å². The van der Waals surface area contributed by atoms with Crippen molar-refractivity contribution in [1.29, 1.82) is 0 Å². The lowest BCUT2D eigenvalue weighted by Crippen LogP contribution is -1.98. The average Bonchev–Trinajstić information content (AvgIpc) is 2.98. The minimum absolute atomic E-state index is 0.0317. The number of aromatic nitrogens is 4. The summed E-state index contributed by atoms with van der Waals surface area (Å²) in [6.45, 7) is 0. The summed E-state index contributed by atoms with van der Waals surface area (Å²) in [7, 11) is 0. The molecule has 98 valence electrons. The first-order valence-corrected chi connectivity index (χ1v) is 5.84. The predicted octanol–water partition coefficient (Wildman–Crippen LogP) is 2.24. The number of rotatable bonds is 3. The van der Waals surface area contributed by atoms with Crippen LogP contribution in [0.2, 0.25) is 0 Å². The van der Waals surface area contributed by atoms with Gasteiger partial charge in [0, 0.05) is 17.7 Å². The highest BCUT2D eigenvalue weighted by Gasteiger charge is 2.09. The molecule has 3 rings (SSSR count). The minimum Gasteiger partial charge on any atom is -0.258 e. The third-order valence-electron chi connectivity index (χ3n) is 2.74. The van der Waals surface area contributed by atoms with Gasteiger partial charge in [-0.25, -0.2) is 0 Å². The Morgan fingerprint density at radius 2 is 1.70 bits per heavy atom. The maximum atomic E-state index is 10.6. The van der Waals surface area contributed by atoms with Gasteiger partial charge >= 0.3 is 0 Å². The summed E-state index contributed by atoms with van der Waals surface area (Å²) >= 11 is 0. The Labute approximate surface area is 113 Å². The fourth-order valence-electron chi connectivity index (χ4n) is 1.73. The zero-order valence-electron chi connectivity index (χ0n) is 10.2. The van der Waals surface area contributed by atoms with Crippen molar-refractivity contribution in [3.05, 3.63) is 64.7 Å². The van der Waals surface area contributed by atoms with Crippen LogP contribution < -0.4 is 0 Å². The Kier molecular flexibility index (Phi) is 2.92. The lowest BCUT2D eigenvalue weighted by molar-refractivity contribution is -0.384. The lowest BCUT2D eigenvalue weighted by Gasteiger charge is -1.96. The van der Waals surface area contributed by atoms with Gasteiger partial charge in [0.05, 0.1) is 10.6 Å². The second-order valence-corrected chi connectivity index (χ2v) is 4.04. The second-order valence-electron chi connectivity index (χ2n) is 4.04. The zero-order chi connectivity index (χ0) is 13.9. The van der Waals surface area contributed by atoms with Crippen molar-refractivity contribution in [2.24, 2.45) is 0 Å². The molecule has 1 heterocycles. The molecule has 7 heteroatoms. The summed E-state index contributed by atoms with van der Waals surface area (Å²) in [5.41, 5.74) is 1.51. The molecule has 0 bridgehead atoms.